The number of cyclic esters (lactones) is 1. The highest BCUT2D eigenvalue weighted by Gasteiger charge is 2.74. The fourth-order valence-electron chi connectivity index (χ4n) is 8.11. The quantitative estimate of drug-likeness (QED) is 0.306. The van der Waals surface area contributed by atoms with E-state index in [4.69, 9.17) is 9.47 Å². The maximum atomic E-state index is 15.3. The molecule has 4 aliphatic rings. The predicted molar refractivity (Wildman–Crippen MR) is 186 cm³/mol. The Kier molecular flexibility index (Phi) is 9.15. The maximum absolute atomic E-state index is 15.3. The number of esters is 1. The lowest BCUT2D eigenvalue weighted by Crippen LogP contribution is -2.57. The first kappa shape index (κ1) is 33.4. The van der Waals surface area contributed by atoms with Crippen LogP contribution in [-0.2, 0) is 28.7 Å². The van der Waals surface area contributed by atoms with Gasteiger partial charge in [0, 0.05) is 18.7 Å². The summed E-state index contributed by atoms with van der Waals surface area (Å²) in [7, 11) is 0. The van der Waals surface area contributed by atoms with E-state index in [9.17, 15) is 19.5 Å². The van der Waals surface area contributed by atoms with Gasteiger partial charge in [-0.1, -0.05) is 103 Å². The van der Waals surface area contributed by atoms with Gasteiger partial charge in [0.1, 0.15) is 23.7 Å². The summed E-state index contributed by atoms with van der Waals surface area (Å²) in [5.74, 6) is -3.88. The van der Waals surface area contributed by atoms with Gasteiger partial charge in [-0.25, -0.2) is 0 Å². The highest BCUT2D eigenvalue weighted by molar-refractivity contribution is 6.06. The number of carbonyl (C=O) groups excluding carboxylic acids is 4. The SMILES string of the molecule is Cc1cccc(C)c1N1C/C=C\CCC(=O)NC[C@@H](c2ccccc2)OC(=O)[C@@H]2[C@@H]3C=C[C@]4(O3)[C@H](C1=O)N([C@H](CO)c1ccccc1)C(=O)[C@@H]24. The fraction of sp³-hybridized carbons (Fsp3) is 0.350. The van der Waals surface area contributed by atoms with E-state index in [0.29, 0.717) is 23.2 Å². The number of aryl methyl sites for hydroxylation is 2. The van der Waals surface area contributed by atoms with Gasteiger partial charge in [0.25, 0.3) is 5.91 Å². The number of benzene rings is 3. The van der Waals surface area contributed by atoms with Crippen LogP contribution in [0, 0.1) is 25.7 Å². The number of likely N-dealkylation sites (tertiary alicyclic amines) is 1. The average molecular weight is 676 g/mol. The Morgan fingerprint density at radius 3 is 2.30 bits per heavy atom. The van der Waals surface area contributed by atoms with Crippen LogP contribution in [0.25, 0.3) is 0 Å². The Bertz CT molecular complexity index is 1820. The van der Waals surface area contributed by atoms with Gasteiger partial charge in [-0.05, 0) is 42.5 Å². The van der Waals surface area contributed by atoms with Crippen molar-refractivity contribution in [2.24, 2.45) is 11.8 Å². The molecule has 3 amide bonds. The maximum Gasteiger partial charge on any atom is 0.313 e. The standard InChI is InChI=1S/C40H41N3O7/c1-25-13-12-14-26(2)35(25)42-22-11-5-10-19-32(45)41-23-31(28-17-8-4-9-18-28)49-39(48)33-30-20-21-40(50-30)34(33)37(46)43(36(40)38(42)47)29(24-44)27-15-6-3-7-16-27/h3-9,11-18,20-21,29-31,33-34,36,44H,10,19,22-24H2,1-2H3,(H,41,45)/b11-5-/t29-,30+,31+,33-,34-,36+,40-/m1/s1. The van der Waals surface area contributed by atoms with Crippen LogP contribution in [0.1, 0.15) is 47.2 Å². The zero-order chi connectivity index (χ0) is 35.0. The minimum absolute atomic E-state index is 0.0459. The number of nitrogens with one attached hydrogen (secondary N) is 1. The molecular formula is C40H41N3O7. The number of nitrogens with zero attached hydrogens (tertiary/aromatic N) is 2. The third-order valence-corrected chi connectivity index (χ3v) is 10.4. The van der Waals surface area contributed by atoms with Crippen molar-refractivity contribution in [2.75, 3.05) is 24.6 Å². The number of hydrogen-bond donors (Lipinski definition) is 2. The third-order valence-electron chi connectivity index (χ3n) is 10.4. The number of aliphatic hydroxyl groups is 1. The van der Waals surface area contributed by atoms with Gasteiger partial charge in [-0.2, -0.15) is 0 Å². The lowest BCUT2D eigenvalue weighted by Gasteiger charge is -2.39. The molecule has 0 saturated carbocycles. The number of para-hydroxylation sites is 1. The molecule has 4 aliphatic heterocycles. The number of ether oxygens (including phenoxy) is 2. The Balaban J connectivity index is 1.38. The molecule has 0 unspecified atom stereocenters. The van der Waals surface area contributed by atoms with Crippen LogP contribution in [0.15, 0.2) is 103 Å². The van der Waals surface area contributed by atoms with Gasteiger partial charge >= 0.3 is 5.97 Å². The highest BCUT2D eigenvalue weighted by Crippen LogP contribution is 2.57. The van der Waals surface area contributed by atoms with E-state index in [2.05, 4.69) is 5.32 Å². The van der Waals surface area contributed by atoms with Gasteiger partial charge in [0.15, 0.2) is 0 Å². The minimum Gasteiger partial charge on any atom is -0.455 e. The Labute approximate surface area is 291 Å². The van der Waals surface area contributed by atoms with E-state index in [1.807, 2.05) is 105 Å². The summed E-state index contributed by atoms with van der Waals surface area (Å²) in [5.41, 5.74) is 2.27. The minimum atomic E-state index is -1.49. The predicted octanol–water partition coefficient (Wildman–Crippen LogP) is 4.27. The molecule has 3 aromatic carbocycles. The highest BCUT2D eigenvalue weighted by atomic mass is 16.6. The first-order valence-electron chi connectivity index (χ1n) is 17.1. The summed E-state index contributed by atoms with van der Waals surface area (Å²) in [6.45, 7) is 3.61. The summed E-state index contributed by atoms with van der Waals surface area (Å²) >= 11 is 0. The van der Waals surface area contributed by atoms with Crippen molar-refractivity contribution < 1.29 is 33.8 Å². The molecule has 5 bridgehead atoms. The van der Waals surface area contributed by atoms with Crippen molar-refractivity contribution in [3.8, 4) is 0 Å². The largest absolute Gasteiger partial charge is 0.455 e. The van der Waals surface area contributed by atoms with Crippen molar-refractivity contribution in [2.45, 2.75) is 56.6 Å². The van der Waals surface area contributed by atoms with Crippen molar-refractivity contribution in [3.63, 3.8) is 0 Å². The van der Waals surface area contributed by atoms with E-state index >= 15 is 4.79 Å². The van der Waals surface area contributed by atoms with Crippen molar-refractivity contribution in [1.29, 1.82) is 0 Å². The molecule has 10 heteroatoms. The van der Waals surface area contributed by atoms with Crippen molar-refractivity contribution in [1.82, 2.24) is 10.2 Å². The molecule has 1 spiro atoms. The summed E-state index contributed by atoms with van der Waals surface area (Å²) in [6, 6.07) is 21.9. The van der Waals surface area contributed by atoms with Gasteiger partial charge < -0.3 is 29.7 Å². The molecule has 7 rings (SSSR count). The number of carbonyl (C=O) groups is 4. The van der Waals surface area contributed by atoms with Crippen molar-refractivity contribution >= 4 is 29.4 Å². The van der Waals surface area contributed by atoms with Crippen molar-refractivity contribution in [3.05, 3.63) is 125 Å². The van der Waals surface area contributed by atoms with Crippen LogP contribution in [-0.4, -0.2) is 71.1 Å². The van der Waals surface area contributed by atoms with Gasteiger partial charge in [-0.15, -0.1) is 0 Å². The molecule has 3 aromatic rings. The summed E-state index contributed by atoms with van der Waals surface area (Å²) < 4.78 is 12.8. The molecule has 2 N–H and O–H groups in total. The van der Waals surface area contributed by atoms with Crippen LogP contribution in [0.2, 0.25) is 0 Å². The van der Waals surface area contributed by atoms with Crippen LogP contribution >= 0.6 is 0 Å². The lowest BCUT2D eigenvalue weighted by molar-refractivity contribution is -0.160. The molecule has 2 saturated heterocycles. The summed E-state index contributed by atoms with van der Waals surface area (Å²) in [6.07, 6.45) is 6.22. The van der Waals surface area contributed by atoms with E-state index in [1.165, 1.54) is 4.90 Å². The summed E-state index contributed by atoms with van der Waals surface area (Å²) in [5, 5.41) is 13.8. The molecule has 4 heterocycles. The topological polar surface area (TPSA) is 125 Å². The Morgan fingerprint density at radius 2 is 1.60 bits per heavy atom. The van der Waals surface area contributed by atoms with Crippen LogP contribution in [0.4, 0.5) is 5.69 Å². The van der Waals surface area contributed by atoms with Crippen LogP contribution < -0.4 is 10.2 Å². The molecule has 2 fully saturated rings. The Hall–Kier alpha value is -5.06. The molecule has 7 atom stereocenters. The van der Waals surface area contributed by atoms with E-state index in [0.717, 1.165) is 11.1 Å². The second-order valence-corrected chi connectivity index (χ2v) is 13.4. The molecule has 0 radical (unpaired) electrons. The number of allylic oxidation sites excluding steroid dienone is 1. The molecule has 10 nitrogen and oxygen atoms in total. The third kappa shape index (κ3) is 5.72. The van der Waals surface area contributed by atoms with Crippen LogP contribution in [0.3, 0.4) is 0 Å². The second kappa shape index (κ2) is 13.7. The smallest absolute Gasteiger partial charge is 0.313 e. The molecule has 0 aliphatic carbocycles. The summed E-state index contributed by atoms with van der Waals surface area (Å²) in [4.78, 5) is 60.5. The number of anilines is 1. The number of hydrogen-bond acceptors (Lipinski definition) is 7. The lowest BCUT2D eigenvalue weighted by atomic mass is 9.74. The average Bonchev–Trinajstić information content (AvgIpc) is 3.77. The van der Waals surface area contributed by atoms with Crippen LogP contribution in [0.5, 0.6) is 0 Å². The first-order valence-corrected chi connectivity index (χ1v) is 17.1. The van der Waals surface area contributed by atoms with E-state index in [1.54, 1.807) is 17.1 Å². The number of amides is 3. The second-order valence-electron chi connectivity index (χ2n) is 13.4. The molecular weight excluding hydrogens is 634 g/mol. The zero-order valence-electron chi connectivity index (χ0n) is 28.1. The molecule has 258 valence electrons. The first-order chi connectivity index (χ1) is 24.2. The fourth-order valence-corrected chi connectivity index (χ4v) is 8.11. The monoisotopic (exact) mass is 675 g/mol. The number of aliphatic hydroxyl groups excluding tert-OH is 1. The normalized spacial score (nSPS) is 29.5. The van der Waals surface area contributed by atoms with Gasteiger partial charge in [0.2, 0.25) is 11.8 Å². The van der Waals surface area contributed by atoms with E-state index < -0.39 is 66.1 Å². The van der Waals surface area contributed by atoms with E-state index in [-0.39, 0.29) is 25.4 Å². The number of rotatable bonds is 5. The molecule has 0 aromatic heterocycles. The van der Waals surface area contributed by atoms with Gasteiger partial charge in [-0.3, -0.25) is 19.2 Å². The Morgan fingerprint density at radius 1 is 0.900 bits per heavy atom. The molecule has 50 heavy (non-hydrogen) atoms. The zero-order valence-corrected chi connectivity index (χ0v) is 28.1. The van der Waals surface area contributed by atoms with Gasteiger partial charge in [0.05, 0.1) is 31.2 Å². The number of fused-ring (bicyclic) bond motifs is 2.